The van der Waals surface area contributed by atoms with E-state index in [4.69, 9.17) is 32.7 Å². The summed E-state index contributed by atoms with van der Waals surface area (Å²) in [5, 5.41) is 9.94. The van der Waals surface area contributed by atoms with E-state index in [0.717, 1.165) is 59.1 Å². The monoisotopic (exact) mass is 505 g/mol. The Morgan fingerprint density at radius 1 is 1.34 bits per heavy atom. The number of aromatic nitrogens is 3. The lowest BCUT2D eigenvalue weighted by molar-refractivity contribution is -0.426. The zero-order valence-electron chi connectivity index (χ0n) is 19.3. The second kappa shape index (κ2) is 8.49. The van der Waals surface area contributed by atoms with Crippen molar-refractivity contribution in [1.82, 2.24) is 15.0 Å². The van der Waals surface area contributed by atoms with Crippen LogP contribution < -0.4 is 10.6 Å². The third-order valence-corrected chi connectivity index (χ3v) is 8.41. The Hall–Kier alpha value is -3.17. The summed E-state index contributed by atoms with van der Waals surface area (Å²) in [4.78, 5) is 21.1. The lowest BCUT2D eigenvalue weighted by Crippen LogP contribution is -2.35. The molecule has 35 heavy (non-hydrogen) atoms. The Labute approximate surface area is 212 Å². The fourth-order valence-electron chi connectivity index (χ4n) is 5.26. The van der Waals surface area contributed by atoms with Gasteiger partial charge in [0, 0.05) is 48.4 Å². The van der Waals surface area contributed by atoms with Gasteiger partial charge in [-0.25, -0.2) is 14.5 Å². The normalized spacial score (nSPS) is 22.2. The van der Waals surface area contributed by atoms with Crippen LogP contribution in [0.2, 0.25) is 5.02 Å². The van der Waals surface area contributed by atoms with Crippen LogP contribution in [0.4, 0.5) is 11.5 Å². The number of halogens is 1. The minimum atomic E-state index is 0.0150. The molecule has 2 atom stereocenters. The lowest BCUT2D eigenvalue weighted by atomic mass is 10.1. The van der Waals surface area contributed by atoms with Crippen molar-refractivity contribution in [3.05, 3.63) is 46.6 Å². The van der Waals surface area contributed by atoms with Gasteiger partial charge in [0.05, 0.1) is 22.1 Å². The summed E-state index contributed by atoms with van der Waals surface area (Å²) in [5.41, 5.74) is 9.57. The van der Waals surface area contributed by atoms with Gasteiger partial charge in [-0.15, -0.1) is 5.41 Å². The van der Waals surface area contributed by atoms with Crippen LogP contribution in [-0.4, -0.2) is 57.6 Å². The topological polar surface area (TPSA) is 110 Å². The Kier molecular flexibility index (Phi) is 5.41. The number of nitrogens with one attached hydrogen (secondary N) is 2. The summed E-state index contributed by atoms with van der Waals surface area (Å²) in [6, 6.07) is 6.54. The van der Waals surface area contributed by atoms with E-state index < -0.39 is 0 Å². The van der Waals surface area contributed by atoms with Gasteiger partial charge in [-0.3, -0.25) is 10.7 Å². The number of rotatable bonds is 5. The Morgan fingerprint density at radius 3 is 2.89 bits per heavy atom. The zero-order chi connectivity index (χ0) is 24.3. The van der Waals surface area contributed by atoms with E-state index in [1.165, 1.54) is 17.3 Å². The van der Waals surface area contributed by atoms with E-state index in [9.17, 15) is 0 Å². The molecule has 178 valence electrons. The van der Waals surface area contributed by atoms with Gasteiger partial charge >= 0.3 is 5.96 Å². The number of aromatic amines is 1. The Bertz CT molecular complexity index is 1430. The van der Waals surface area contributed by atoms with Crippen LogP contribution in [0.25, 0.3) is 11.0 Å². The molecule has 4 N–H and O–H groups in total. The number of aryl methyl sites for hydroxylation is 1. The molecule has 1 saturated carbocycles. The van der Waals surface area contributed by atoms with Gasteiger partial charge in [0.25, 0.3) is 0 Å². The van der Waals surface area contributed by atoms with Crippen LogP contribution in [0.3, 0.4) is 0 Å². The van der Waals surface area contributed by atoms with E-state index >= 15 is 0 Å². The summed E-state index contributed by atoms with van der Waals surface area (Å²) in [6.07, 6.45) is 7.59. The quantitative estimate of drug-likeness (QED) is 0.208. The van der Waals surface area contributed by atoms with E-state index in [1.807, 2.05) is 12.3 Å². The van der Waals surface area contributed by atoms with Crippen LogP contribution in [0.15, 0.2) is 45.4 Å². The Morgan fingerprint density at radius 2 is 2.14 bits per heavy atom. The van der Waals surface area contributed by atoms with Crippen molar-refractivity contribution in [2.45, 2.75) is 35.9 Å². The number of guanidine groups is 1. The van der Waals surface area contributed by atoms with E-state index in [-0.39, 0.29) is 12.0 Å². The maximum absolute atomic E-state index is 7.70. The number of nitrogens with two attached hydrogens (primary N) is 1. The molecule has 2 unspecified atom stereocenters. The summed E-state index contributed by atoms with van der Waals surface area (Å²) < 4.78 is 1.64. The second-order valence-corrected chi connectivity index (χ2v) is 10.6. The molecule has 6 rings (SSSR count). The molecule has 2 fully saturated rings. The number of hydrogen-bond donors (Lipinski definition) is 3. The number of H-pyrrole nitrogens is 1. The largest absolute Gasteiger partial charge is 0.381 e. The van der Waals surface area contributed by atoms with Gasteiger partial charge in [0.2, 0.25) is 0 Å². The summed E-state index contributed by atoms with van der Waals surface area (Å²) in [6.45, 7) is 7.68. The van der Waals surface area contributed by atoms with Crippen LogP contribution in [0.5, 0.6) is 0 Å². The van der Waals surface area contributed by atoms with Crippen LogP contribution in [0, 0.1) is 17.2 Å². The van der Waals surface area contributed by atoms with Gasteiger partial charge in [-0.2, -0.15) is 0 Å². The van der Waals surface area contributed by atoms with Crippen LogP contribution in [-0.2, 0) is 12.8 Å². The molecular weight excluding hydrogens is 480 g/mol. The highest BCUT2D eigenvalue weighted by Crippen LogP contribution is 2.50. The third-order valence-electron chi connectivity index (χ3n) is 7.13. The molecule has 1 aromatic carbocycles. The van der Waals surface area contributed by atoms with Gasteiger partial charge in [-0.05, 0) is 48.4 Å². The maximum Gasteiger partial charge on any atom is 0.381 e. The molecule has 0 spiro atoms. The number of aliphatic imine (C=N–C) groups is 1. The van der Waals surface area contributed by atoms with Crippen molar-refractivity contribution in [3.63, 3.8) is 0 Å². The fraction of sp³-hybridized carbons (Fsp3) is 0.320. The minimum Gasteiger partial charge on any atom is -0.355 e. The number of piperidine rings is 1. The summed E-state index contributed by atoms with van der Waals surface area (Å²) in [7, 11) is 0. The van der Waals surface area contributed by atoms with Crippen molar-refractivity contribution in [1.29, 1.82) is 5.41 Å². The van der Waals surface area contributed by atoms with Crippen molar-refractivity contribution >= 4 is 64.8 Å². The minimum absolute atomic E-state index is 0.0150. The average molecular weight is 506 g/mol. The number of hydrogen-bond acceptors (Lipinski definition) is 6. The van der Waals surface area contributed by atoms with Crippen molar-refractivity contribution in [2.75, 3.05) is 18.0 Å². The lowest BCUT2D eigenvalue weighted by Gasteiger charge is -2.22. The van der Waals surface area contributed by atoms with E-state index in [2.05, 4.69) is 52.8 Å². The first-order chi connectivity index (χ1) is 16.9. The number of allylic oxidation sites excluding steroid dienone is 2. The van der Waals surface area contributed by atoms with Crippen molar-refractivity contribution < 1.29 is 4.58 Å². The van der Waals surface area contributed by atoms with Gasteiger partial charge in [0.1, 0.15) is 11.5 Å². The number of fused-ring (bicyclic) bond motifs is 3. The smallest absolute Gasteiger partial charge is 0.355 e. The van der Waals surface area contributed by atoms with E-state index in [0.29, 0.717) is 22.0 Å². The summed E-state index contributed by atoms with van der Waals surface area (Å²) >= 11 is 8.32. The molecule has 8 nitrogen and oxygen atoms in total. The average Bonchev–Trinajstić information content (AvgIpc) is 3.29. The molecule has 0 radical (unpaired) electrons. The first-order valence-corrected chi connectivity index (χ1v) is 12.9. The predicted octanol–water partition coefficient (Wildman–Crippen LogP) is 4.18. The molecule has 1 saturated heterocycles. The molecule has 1 aliphatic carbocycles. The van der Waals surface area contributed by atoms with Gasteiger partial charge in [0.15, 0.2) is 5.16 Å². The van der Waals surface area contributed by atoms with Crippen LogP contribution in [0.1, 0.15) is 18.2 Å². The number of anilines is 1. The molecule has 0 amide bonds. The van der Waals surface area contributed by atoms with Gasteiger partial charge < -0.3 is 9.88 Å². The molecule has 3 aromatic rings. The molecular formula is C25H26ClN8S+. The molecule has 0 bridgehead atoms. The maximum atomic E-state index is 7.70. The Balaban J connectivity index is 1.34. The molecule has 2 aliphatic heterocycles. The highest BCUT2D eigenvalue weighted by molar-refractivity contribution is 7.99. The second-order valence-electron chi connectivity index (χ2n) is 9.21. The SMILES string of the molecule is C=[N+](C(=N)N)C1C2CN(c3nc(Sc4ccc5c(c4)N=CC=CC5)nc4[nH]c(CC)c(Cl)c34)CC21. The standard InChI is InChI=1S/C25H26ClN8S/c1-3-17-20(26)19-22(30-17)31-25(35-14-8-7-13-6-4-5-9-29-18(13)10-14)32-23(19)34-11-15-16(12-34)21(15)33(2)24(27)28/h4-5,7-10,15-16,21H,2-3,6,11-12H2,1H3,(H3,27,28)(H,30,31,32)/q+1. The first-order valence-electron chi connectivity index (χ1n) is 11.7. The molecule has 4 heterocycles. The van der Waals surface area contributed by atoms with Crippen molar-refractivity contribution in [2.24, 2.45) is 22.6 Å². The predicted molar refractivity (Wildman–Crippen MR) is 142 cm³/mol. The molecule has 10 heteroatoms. The van der Waals surface area contributed by atoms with Gasteiger partial charge in [-0.1, -0.05) is 30.7 Å². The van der Waals surface area contributed by atoms with Crippen LogP contribution >= 0.6 is 23.4 Å². The highest BCUT2D eigenvalue weighted by atomic mass is 35.5. The third kappa shape index (κ3) is 3.83. The molecule has 3 aliphatic rings. The fourth-order valence-corrected chi connectivity index (χ4v) is 6.41. The molecule has 2 aromatic heterocycles. The summed E-state index contributed by atoms with van der Waals surface area (Å²) in [5.74, 6) is 1.70. The first kappa shape index (κ1) is 22.3. The van der Waals surface area contributed by atoms with E-state index in [1.54, 1.807) is 4.58 Å². The number of benzene rings is 1. The number of nitrogens with zero attached hydrogens (tertiary/aromatic N) is 5. The zero-order valence-corrected chi connectivity index (χ0v) is 20.9. The highest BCUT2D eigenvalue weighted by Gasteiger charge is 2.60. The van der Waals surface area contributed by atoms with Crippen molar-refractivity contribution in [3.8, 4) is 0 Å².